The molecule has 0 unspecified atom stereocenters. The largest absolute Gasteiger partial charge is 0.332 e. The molecule has 1 heterocycles. The highest BCUT2D eigenvalue weighted by atomic mass is 35.5. The molecule has 0 aliphatic carbocycles. The van der Waals surface area contributed by atoms with E-state index in [9.17, 15) is 18.0 Å². The second kappa shape index (κ2) is 9.99. The minimum Gasteiger partial charge on any atom is -0.332 e. The number of para-hydroxylation sites is 1. The van der Waals surface area contributed by atoms with E-state index in [1.807, 2.05) is 0 Å². The van der Waals surface area contributed by atoms with E-state index in [2.05, 4.69) is 5.32 Å². The summed E-state index contributed by atoms with van der Waals surface area (Å²) in [6.07, 6.45) is 2.73. The van der Waals surface area contributed by atoms with Gasteiger partial charge in [-0.3, -0.25) is 9.59 Å². The van der Waals surface area contributed by atoms with Gasteiger partial charge in [-0.15, -0.1) is 0 Å². The van der Waals surface area contributed by atoms with Crippen LogP contribution in [0.5, 0.6) is 0 Å². The van der Waals surface area contributed by atoms with Gasteiger partial charge in [0.15, 0.2) is 0 Å². The lowest BCUT2D eigenvalue weighted by atomic mass is 10.2. The second-order valence-electron chi connectivity index (χ2n) is 7.30. The van der Waals surface area contributed by atoms with Gasteiger partial charge in [-0.1, -0.05) is 35.7 Å². The van der Waals surface area contributed by atoms with E-state index in [1.165, 1.54) is 40.5 Å². The summed E-state index contributed by atoms with van der Waals surface area (Å²) in [6, 6.07) is 10.6. The Labute approximate surface area is 192 Å². The Hall–Kier alpha value is -2.13. The topological polar surface area (TPSA) is 86.8 Å². The van der Waals surface area contributed by atoms with Crippen molar-refractivity contribution in [2.75, 3.05) is 32.0 Å². The van der Waals surface area contributed by atoms with Crippen LogP contribution in [0.3, 0.4) is 0 Å². The molecule has 0 radical (unpaired) electrons. The zero-order valence-corrected chi connectivity index (χ0v) is 19.3. The zero-order valence-electron chi connectivity index (χ0n) is 17.0. The third-order valence-corrected chi connectivity index (χ3v) is 7.55. The lowest BCUT2D eigenvalue weighted by Gasteiger charge is -2.26. The van der Waals surface area contributed by atoms with Crippen LogP contribution in [0.15, 0.2) is 47.4 Å². The molecule has 1 aliphatic rings. The number of carbonyl (C=O) groups excluding carboxylic acids is 2. The number of benzene rings is 2. The first-order valence-corrected chi connectivity index (χ1v) is 12.0. The molecule has 31 heavy (non-hydrogen) atoms. The van der Waals surface area contributed by atoms with E-state index in [-0.39, 0.29) is 22.7 Å². The molecule has 2 aromatic rings. The van der Waals surface area contributed by atoms with Gasteiger partial charge in [-0.2, -0.15) is 4.31 Å². The lowest BCUT2D eigenvalue weighted by molar-refractivity contribution is -0.116. The minimum atomic E-state index is -3.57. The highest BCUT2D eigenvalue weighted by Crippen LogP contribution is 2.29. The maximum absolute atomic E-state index is 12.7. The maximum Gasteiger partial charge on any atom is 0.254 e. The minimum absolute atomic E-state index is 0.153. The van der Waals surface area contributed by atoms with Crippen molar-refractivity contribution in [3.8, 4) is 0 Å². The van der Waals surface area contributed by atoms with Crippen molar-refractivity contribution in [2.24, 2.45) is 0 Å². The van der Waals surface area contributed by atoms with Crippen LogP contribution in [0.4, 0.5) is 5.69 Å². The Morgan fingerprint density at radius 2 is 1.58 bits per heavy atom. The smallest absolute Gasteiger partial charge is 0.254 e. The number of anilines is 1. The Bertz CT molecular complexity index is 1050. The molecular weight excluding hydrogens is 461 g/mol. The van der Waals surface area contributed by atoms with Crippen LogP contribution in [-0.4, -0.2) is 56.1 Å². The number of likely N-dealkylation sites (N-methyl/N-ethyl adjacent to an activating group) is 1. The normalized spacial score (nSPS) is 14.8. The molecule has 0 bridgehead atoms. The molecule has 2 amide bonds. The van der Waals surface area contributed by atoms with E-state index in [1.54, 1.807) is 18.2 Å². The van der Waals surface area contributed by atoms with Crippen LogP contribution >= 0.6 is 23.2 Å². The van der Waals surface area contributed by atoms with E-state index >= 15 is 0 Å². The van der Waals surface area contributed by atoms with Crippen LogP contribution < -0.4 is 5.32 Å². The fourth-order valence-corrected chi connectivity index (χ4v) is 5.34. The molecule has 7 nitrogen and oxygen atoms in total. The van der Waals surface area contributed by atoms with E-state index in [0.29, 0.717) is 23.1 Å². The van der Waals surface area contributed by atoms with Crippen molar-refractivity contribution in [1.29, 1.82) is 0 Å². The van der Waals surface area contributed by atoms with Crippen LogP contribution in [0.1, 0.15) is 29.6 Å². The van der Waals surface area contributed by atoms with Gasteiger partial charge in [-0.05, 0) is 49.2 Å². The molecule has 0 spiro atoms. The molecule has 0 saturated carbocycles. The molecule has 10 heteroatoms. The molecule has 3 rings (SSSR count). The number of carbonyl (C=O) groups is 2. The molecule has 1 N–H and O–H groups in total. The van der Waals surface area contributed by atoms with Crippen molar-refractivity contribution < 1.29 is 18.0 Å². The number of piperidine rings is 1. The summed E-state index contributed by atoms with van der Waals surface area (Å²) in [7, 11) is -2.09. The third kappa shape index (κ3) is 5.57. The van der Waals surface area contributed by atoms with Gasteiger partial charge >= 0.3 is 0 Å². The van der Waals surface area contributed by atoms with E-state index in [4.69, 9.17) is 23.2 Å². The van der Waals surface area contributed by atoms with Gasteiger partial charge in [0.25, 0.3) is 5.91 Å². The zero-order chi connectivity index (χ0) is 22.6. The molecule has 1 saturated heterocycles. The molecule has 2 aromatic carbocycles. The highest BCUT2D eigenvalue weighted by Gasteiger charge is 2.26. The summed E-state index contributed by atoms with van der Waals surface area (Å²) in [5.74, 6) is -0.877. The van der Waals surface area contributed by atoms with Crippen LogP contribution in [0.2, 0.25) is 10.0 Å². The Kier molecular flexibility index (Phi) is 7.59. The maximum atomic E-state index is 12.7. The number of halogens is 2. The molecule has 0 aromatic heterocycles. The lowest BCUT2D eigenvalue weighted by Crippen LogP contribution is -2.36. The molecule has 1 fully saturated rings. The summed E-state index contributed by atoms with van der Waals surface area (Å²) >= 11 is 12.1. The van der Waals surface area contributed by atoms with E-state index < -0.39 is 21.8 Å². The SMILES string of the molecule is CN(CC(=O)Nc1c(Cl)cccc1Cl)C(=O)c1ccc(S(=O)(=O)N2CCCCC2)cc1. The van der Waals surface area contributed by atoms with Gasteiger partial charge in [0.2, 0.25) is 15.9 Å². The number of nitrogens with one attached hydrogen (secondary N) is 1. The fourth-order valence-electron chi connectivity index (χ4n) is 3.33. The van der Waals surface area contributed by atoms with Crippen LogP contribution in [0, 0.1) is 0 Å². The standard InChI is InChI=1S/C21H23Cl2N3O4S/c1-25(14-19(27)24-20-17(22)6-5-7-18(20)23)21(28)15-8-10-16(11-9-15)31(29,30)26-12-3-2-4-13-26/h5-11H,2-4,12-14H2,1H3,(H,24,27). The predicted molar refractivity (Wildman–Crippen MR) is 121 cm³/mol. The first-order valence-electron chi connectivity index (χ1n) is 9.79. The average Bonchev–Trinajstić information content (AvgIpc) is 2.76. The molecule has 1 aliphatic heterocycles. The van der Waals surface area contributed by atoms with Gasteiger partial charge in [0, 0.05) is 25.7 Å². The van der Waals surface area contributed by atoms with Gasteiger partial charge in [0.1, 0.15) is 0 Å². The summed E-state index contributed by atoms with van der Waals surface area (Å²) in [5, 5.41) is 3.18. The summed E-state index contributed by atoms with van der Waals surface area (Å²) < 4.78 is 26.9. The fraction of sp³-hybridized carbons (Fsp3) is 0.333. The Balaban J connectivity index is 1.65. The van der Waals surface area contributed by atoms with E-state index in [0.717, 1.165) is 19.3 Å². The predicted octanol–water partition coefficient (Wildman–Crippen LogP) is 3.88. The highest BCUT2D eigenvalue weighted by molar-refractivity contribution is 7.89. The molecule has 0 atom stereocenters. The second-order valence-corrected chi connectivity index (χ2v) is 10.0. The Morgan fingerprint density at radius 3 is 2.16 bits per heavy atom. The van der Waals surface area contributed by atoms with Gasteiger partial charge < -0.3 is 10.2 Å². The Morgan fingerprint density at radius 1 is 1.00 bits per heavy atom. The summed E-state index contributed by atoms with van der Waals surface area (Å²) in [5.41, 5.74) is 0.563. The summed E-state index contributed by atoms with van der Waals surface area (Å²) in [6.45, 7) is 0.792. The van der Waals surface area contributed by atoms with Crippen molar-refractivity contribution >= 4 is 50.7 Å². The number of nitrogens with zero attached hydrogens (tertiary/aromatic N) is 2. The van der Waals surface area contributed by atoms with Gasteiger partial charge in [0.05, 0.1) is 27.2 Å². The average molecular weight is 484 g/mol. The first-order chi connectivity index (χ1) is 14.7. The molecule has 166 valence electrons. The number of rotatable bonds is 6. The van der Waals surface area contributed by atoms with Crippen molar-refractivity contribution in [3.63, 3.8) is 0 Å². The van der Waals surface area contributed by atoms with Crippen molar-refractivity contribution in [1.82, 2.24) is 9.21 Å². The third-order valence-electron chi connectivity index (χ3n) is 5.01. The van der Waals surface area contributed by atoms with Gasteiger partial charge in [-0.25, -0.2) is 8.42 Å². The molecular formula is C21H23Cl2N3O4S. The number of amides is 2. The van der Waals surface area contributed by atoms with Crippen molar-refractivity contribution in [3.05, 3.63) is 58.1 Å². The first kappa shape index (κ1) is 23.5. The monoisotopic (exact) mass is 483 g/mol. The van der Waals surface area contributed by atoms with Crippen LogP contribution in [0.25, 0.3) is 0 Å². The quantitative estimate of drug-likeness (QED) is 0.675. The number of hydrogen-bond donors (Lipinski definition) is 1. The van der Waals surface area contributed by atoms with Crippen LogP contribution in [-0.2, 0) is 14.8 Å². The van der Waals surface area contributed by atoms with Crippen molar-refractivity contribution in [2.45, 2.75) is 24.2 Å². The number of hydrogen-bond acceptors (Lipinski definition) is 4. The summed E-state index contributed by atoms with van der Waals surface area (Å²) in [4.78, 5) is 26.4. The number of sulfonamides is 1.